The number of terminal acetylenes is 1. The van der Waals surface area contributed by atoms with Crippen LogP contribution in [-0.2, 0) is 9.53 Å². The number of esters is 1. The molecule has 3 nitrogen and oxygen atoms in total. The van der Waals surface area contributed by atoms with E-state index in [0.29, 0.717) is 12.8 Å². The van der Waals surface area contributed by atoms with Gasteiger partial charge in [0.05, 0.1) is 13.5 Å². The first-order chi connectivity index (χ1) is 10.1. The molecule has 0 heterocycles. The minimum Gasteiger partial charge on any atom is -0.496 e. The van der Waals surface area contributed by atoms with Gasteiger partial charge in [-0.2, -0.15) is 0 Å². The molecule has 0 aromatic heterocycles. The van der Waals surface area contributed by atoms with Crippen LogP contribution in [0.2, 0.25) is 0 Å². The first-order valence-corrected chi connectivity index (χ1v) is 7.38. The summed E-state index contributed by atoms with van der Waals surface area (Å²) in [5, 5.41) is 0. The lowest BCUT2D eigenvalue weighted by atomic mass is 9.97. The summed E-state index contributed by atoms with van der Waals surface area (Å²) in [5.74, 6) is 3.25. The summed E-state index contributed by atoms with van der Waals surface area (Å²) in [6.45, 7) is 4.00. The highest BCUT2D eigenvalue weighted by Crippen LogP contribution is 2.28. The molecular formula is C18H24O3. The van der Waals surface area contributed by atoms with Gasteiger partial charge in [0.25, 0.3) is 0 Å². The minimum atomic E-state index is -0.183. The molecule has 1 aromatic carbocycles. The fourth-order valence-corrected chi connectivity index (χ4v) is 2.26. The third-order valence-electron chi connectivity index (χ3n) is 3.51. The van der Waals surface area contributed by atoms with Gasteiger partial charge in [-0.15, -0.1) is 12.3 Å². The van der Waals surface area contributed by atoms with Crippen molar-refractivity contribution in [2.24, 2.45) is 0 Å². The largest absolute Gasteiger partial charge is 0.496 e. The van der Waals surface area contributed by atoms with E-state index in [4.69, 9.17) is 15.9 Å². The monoisotopic (exact) mass is 288 g/mol. The van der Waals surface area contributed by atoms with Gasteiger partial charge in [0.2, 0.25) is 0 Å². The van der Waals surface area contributed by atoms with E-state index in [1.54, 1.807) is 7.11 Å². The van der Waals surface area contributed by atoms with Crippen LogP contribution in [0.5, 0.6) is 5.75 Å². The number of carbonyl (C=O) groups excluding carboxylic acids is 1. The Morgan fingerprint density at radius 1 is 1.38 bits per heavy atom. The molecular weight excluding hydrogens is 264 g/mol. The van der Waals surface area contributed by atoms with Gasteiger partial charge in [-0.3, -0.25) is 4.79 Å². The molecule has 0 N–H and O–H groups in total. The summed E-state index contributed by atoms with van der Waals surface area (Å²) < 4.78 is 10.8. The second kappa shape index (κ2) is 9.07. The Hall–Kier alpha value is -1.95. The standard InChI is InChI=1S/C18H24O3/c1-5-7-10-15(6-2)21-18(19)13-14(3)16-11-8-9-12-17(16)20-4/h1,8-9,11-12,14-15H,6-7,10,13H2,2-4H3/t14-,15-/m0/s1. The Labute approximate surface area is 127 Å². The number of ether oxygens (including phenoxy) is 2. The zero-order valence-electron chi connectivity index (χ0n) is 13.1. The average molecular weight is 288 g/mol. The summed E-state index contributed by atoms with van der Waals surface area (Å²) in [7, 11) is 1.64. The van der Waals surface area contributed by atoms with Gasteiger partial charge in [0.1, 0.15) is 11.9 Å². The predicted molar refractivity (Wildman–Crippen MR) is 84.3 cm³/mol. The van der Waals surface area contributed by atoms with E-state index < -0.39 is 0 Å². The van der Waals surface area contributed by atoms with E-state index in [2.05, 4.69) is 5.92 Å². The van der Waals surface area contributed by atoms with Crippen molar-refractivity contribution in [1.82, 2.24) is 0 Å². The highest BCUT2D eigenvalue weighted by Gasteiger charge is 2.18. The summed E-state index contributed by atoms with van der Waals surface area (Å²) in [4.78, 5) is 12.0. The van der Waals surface area contributed by atoms with Crippen molar-refractivity contribution in [3.8, 4) is 18.1 Å². The van der Waals surface area contributed by atoms with Gasteiger partial charge in [-0.05, 0) is 30.4 Å². The van der Waals surface area contributed by atoms with Crippen LogP contribution in [0.15, 0.2) is 24.3 Å². The van der Waals surface area contributed by atoms with E-state index in [1.165, 1.54) is 0 Å². The number of carbonyl (C=O) groups is 1. The van der Waals surface area contributed by atoms with Crippen molar-refractivity contribution in [3.05, 3.63) is 29.8 Å². The maximum absolute atomic E-state index is 12.0. The molecule has 0 bridgehead atoms. The van der Waals surface area contributed by atoms with Crippen molar-refractivity contribution in [3.63, 3.8) is 0 Å². The van der Waals surface area contributed by atoms with Gasteiger partial charge >= 0.3 is 5.97 Å². The van der Waals surface area contributed by atoms with Crippen LogP contribution < -0.4 is 4.74 Å². The molecule has 3 heteroatoms. The first kappa shape index (κ1) is 17.1. The number of hydrogen-bond donors (Lipinski definition) is 0. The highest BCUT2D eigenvalue weighted by atomic mass is 16.5. The Morgan fingerprint density at radius 2 is 2.10 bits per heavy atom. The van der Waals surface area contributed by atoms with Crippen LogP contribution in [-0.4, -0.2) is 19.2 Å². The second-order valence-corrected chi connectivity index (χ2v) is 5.11. The normalized spacial score (nSPS) is 13.0. The van der Waals surface area contributed by atoms with Gasteiger partial charge in [0.15, 0.2) is 0 Å². The van der Waals surface area contributed by atoms with Crippen LogP contribution in [0.1, 0.15) is 51.0 Å². The van der Waals surface area contributed by atoms with E-state index >= 15 is 0 Å². The Balaban J connectivity index is 2.59. The van der Waals surface area contributed by atoms with Crippen LogP contribution >= 0.6 is 0 Å². The maximum atomic E-state index is 12.0. The zero-order chi connectivity index (χ0) is 15.7. The Bertz CT molecular complexity index is 487. The molecule has 0 saturated carbocycles. The number of methoxy groups -OCH3 is 1. The van der Waals surface area contributed by atoms with Crippen molar-refractivity contribution >= 4 is 5.97 Å². The lowest BCUT2D eigenvalue weighted by molar-refractivity contribution is -0.149. The molecule has 0 fully saturated rings. The number of para-hydroxylation sites is 1. The minimum absolute atomic E-state index is 0.0544. The Kier molecular flexibility index (Phi) is 7.39. The third-order valence-corrected chi connectivity index (χ3v) is 3.51. The second-order valence-electron chi connectivity index (χ2n) is 5.11. The SMILES string of the molecule is C#CCC[C@H](CC)OC(=O)C[C@H](C)c1ccccc1OC. The topological polar surface area (TPSA) is 35.5 Å². The van der Waals surface area contributed by atoms with E-state index in [1.807, 2.05) is 38.1 Å². The molecule has 0 aliphatic rings. The highest BCUT2D eigenvalue weighted by molar-refractivity contribution is 5.71. The molecule has 0 radical (unpaired) electrons. The first-order valence-electron chi connectivity index (χ1n) is 7.38. The fraction of sp³-hybridized carbons (Fsp3) is 0.500. The van der Waals surface area contributed by atoms with Crippen LogP contribution in [0.4, 0.5) is 0 Å². The summed E-state index contributed by atoms with van der Waals surface area (Å²) in [6.07, 6.45) is 7.65. The molecule has 0 aliphatic heterocycles. The lowest BCUT2D eigenvalue weighted by Gasteiger charge is -2.18. The van der Waals surface area contributed by atoms with Gasteiger partial charge < -0.3 is 9.47 Å². The predicted octanol–water partition coefficient (Wildman–Crippen LogP) is 3.92. The average Bonchev–Trinajstić information content (AvgIpc) is 2.51. The molecule has 21 heavy (non-hydrogen) atoms. The van der Waals surface area contributed by atoms with E-state index in [0.717, 1.165) is 24.2 Å². The maximum Gasteiger partial charge on any atom is 0.306 e. The van der Waals surface area contributed by atoms with E-state index in [-0.39, 0.29) is 18.0 Å². The summed E-state index contributed by atoms with van der Waals surface area (Å²) >= 11 is 0. The lowest BCUT2D eigenvalue weighted by Crippen LogP contribution is -2.18. The number of hydrogen-bond acceptors (Lipinski definition) is 3. The van der Waals surface area contributed by atoms with Gasteiger partial charge in [-0.1, -0.05) is 32.0 Å². The molecule has 0 saturated heterocycles. The van der Waals surface area contributed by atoms with Crippen LogP contribution in [0.3, 0.4) is 0 Å². The Morgan fingerprint density at radius 3 is 2.71 bits per heavy atom. The van der Waals surface area contributed by atoms with Crippen molar-refractivity contribution in [1.29, 1.82) is 0 Å². The van der Waals surface area contributed by atoms with Crippen molar-refractivity contribution < 1.29 is 14.3 Å². The number of rotatable bonds is 8. The molecule has 0 unspecified atom stereocenters. The smallest absolute Gasteiger partial charge is 0.306 e. The van der Waals surface area contributed by atoms with Crippen LogP contribution in [0, 0.1) is 12.3 Å². The molecule has 0 amide bonds. The molecule has 2 atom stereocenters. The van der Waals surface area contributed by atoms with Gasteiger partial charge in [-0.25, -0.2) is 0 Å². The van der Waals surface area contributed by atoms with E-state index in [9.17, 15) is 4.79 Å². The summed E-state index contributed by atoms with van der Waals surface area (Å²) in [5.41, 5.74) is 1.02. The zero-order valence-corrected chi connectivity index (χ0v) is 13.1. The summed E-state index contributed by atoms with van der Waals surface area (Å²) in [6, 6.07) is 7.74. The quantitative estimate of drug-likeness (QED) is 0.537. The van der Waals surface area contributed by atoms with Crippen molar-refractivity contribution in [2.75, 3.05) is 7.11 Å². The van der Waals surface area contributed by atoms with Crippen molar-refractivity contribution in [2.45, 2.75) is 51.6 Å². The fourth-order valence-electron chi connectivity index (χ4n) is 2.26. The molecule has 1 rings (SSSR count). The third kappa shape index (κ3) is 5.51. The van der Waals surface area contributed by atoms with Gasteiger partial charge in [0, 0.05) is 6.42 Å². The number of benzene rings is 1. The van der Waals surface area contributed by atoms with Crippen LogP contribution in [0.25, 0.3) is 0 Å². The molecule has 114 valence electrons. The molecule has 0 spiro atoms. The molecule has 0 aliphatic carbocycles. The molecule has 1 aromatic rings.